The SMILES string of the molecule is CCOc1ccc(N(C(=O)/C=C/c2ccccc2Cl)S(=O)(=O)c2ccc(Cl)cc2)cc1. The van der Waals surface area contributed by atoms with Crippen molar-refractivity contribution in [3.05, 3.63) is 94.5 Å². The maximum absolute atomic E-state index is 13.3. The number of nitrogens with zero attached hydrogens (tertiary/aromatic N) is 1. The van der Waals surface area contributed by atoms with Crippen LogP contribution in [0, 0.1) is 0 Å². The van der Waals surface area contributed by atoms with Crippen LogP contribution in [0.2, 0.25) is 10.0 Å². The van der Waals surface area contributed by atoms with Crippen molar-refractivity contribution in [3.63, 3.8) is 0 Å². The maximum Gasteiger partial charge on any atom is 0.271 e. The van der Waals surface area contributed by atoms with Crippen LogP contribution in [0.1, 0.15) is 12.5 Å². The molecule has 0 radical (unpaired) electrons. The molecule has 0 aliphatic rings. The van der Waals surface area contributed by atoms with Crippen LogP contribution in [0.4, 0.5) is 5.69 Å². The first-order chi connectivity index (χ1) is 14.8. The Bertz CT molecular complexity index is 1190. The third-order valence-electron chi connectivity index (χ3n) is 4.24. The molecule has 0 fully saturated rings. The van der Waals surface area contributed by atoms with E-state index in [2.05, 4.69) is 0 Å². The van der Waals surface area contributed by atoms with E-state index in [0.29, 0.717) is 28.0 Å². The van der Waals surface area contributed by atoms with Gasteiger partial charge in [0.05, 0.1) is 17.2 Å². The third-order valence-corrected chi connectivity index (χ3v) is 6.58. The molecule has 8 heteroatoms. The summed E-state index contributed by atoms with van der Waals surface area (Å²) in [6.07, 6.45) is 2.65. The first-order valence-electron chi connectivity index (χ1n) is 9.33. The van der Waals surface area contributed by atoms with Gasteiger partial charge in [-0.15, -0.1) is 0 Å². The number of carbonyl (C=O) groups excluding carboxylic acids is 1. The molecule has 1 amide bonds. The van der Waals surface area contributed by atoms with Crippen LogP contribution >= 0.6 is 23.2 Å². The van der Waals surface area contributed by atoms with Gasteiger partial charge in [0.25, 0.3) is 15.9 Å². The Morgan fingerprint density at radius 2 is 1.61 bits per heavy atom. The lowest BCUT2D eigenvalue weighted by Gasteiger charge is -2.21. The quantitative estimate of drug-likeness (QED) is 0.403. The molecule has 0 saturated heterocycles. The van der Waals surface area contributed by atoms with Gasteiger partial charge >= 0.3 is 0 Å². The minimum Gasteiger partial charge on any atom is -0.494 e. The van der Waals surface area contributed by atoms with E-state index in [1.165, 1.54) is 48.6 Å². The topological polar surface area (TPSA) is 63.7 Å². The normalized spacial score (nSPS) is 11.5. The monoisotopic (exact) mass is 475 g/mol. The summed E-state index contributed by atoms with van der Waals surface area (Å²) in [6, 6.07) is 18.8. The zero-order valence-electron chi connectivity index (χ0n) is 16.5. The maximum atomic E-state index is 13.3. The fourth-order valence-electron chi connectivity index (χ4n) is 2.78. The van der Waals surface area contributed by atoms with Crippen molar-refractivity contribution in [2.45, 2.75) is 11.8 Å². The minimum atomic E-state index is -4.21. The highest BCUT2D eigenvalue weighted by atomic mass is 35.5. The van der Waals surface area contributed by atoms with Crippen molar-refractivity contribution < 1.29 is 17.9 Å². The largest absolute Gasteiger partial charge is 0.494 e. The molecule has 0 unspecified atom stereocenters. The lowest BCUT2D eigenvalue weighted by Crippen LogP contribution is -2.35. The van der Waals surface area contributed by atoms with Gasteiger partial charge in [-0.1, -0.05) is 41.4 Å². The minimum absolute atomic E-state index is 0.0646. The van der Waals surface area contributed by atoms with Gasteiger partial charge in [0.15, 0.2) is 0 Å². The summed E-state index contributed by atoms with van der Waals surface area (Å²) < 4.78 is 32.8. The molecule has 0 saturated carbocycles. The van der Waals surface area contributed by atoms with Crippen molar-refractivity contribution in [3.8, 4) is 5.75 Å². The van der Waals surface area contributed by atoms with Crippen LogP contribution in [-0.2, 0) is 14.8 Å². The number of ether oxygens (including phenoxy) is 1. The molecule has 3 aromatic rings. The molecule has 0 aromatic heterocycles. The van der Waals surface area contributed by atoms with Crippen molar-refractivity contribution in [2.75, 3.05) is 10.9 Å². The van der Waals surface area contributed by atoms with Gasteiger partial charge in [0.2, 0.25) is 0 Å². The smallest absolute Gasteiger partial charge is 0.271 e. The number of amides is 1. The first kappa shape index (κ1) is 22.9. The molecule has 0 heterocycles. The molecular weight excluding hydrogens is 457 g/mol. The average Bonchev–Trinajstić information content (AvgIpc) is 2.75. The summed E-state index contributed by atoms with van der Waals surface area (Å²) in [5.74, 6) is -0.187. The molecule has 0 aliphatic carbocycles. The van der Waals surface area contributed by atoms with Gasteiger partial charge in [0, 0.05) is 16.1 Å². The number of rotatable bonds is 7. The molecular formula is C23H19Cl2NO4S. The van der Waals surface area contributed by atoms with Crippen molar-refractivity contribution in [1.82, 2.24) is 0 Å². The fourth-order valence-corrected chi connectivity index (χ4v) is 4.49. The Morgan fingerprint density at radius 1 is 0.968 bits per heavy atom. The Hall–Kier alpha value is -2.80. The summed E-state index contributed by atoms with van der Waals surface area (Å²) >= 11 is 12.0. The summed E-state index contributed by atoms with van der Waals surface area (Å²) in [4.78, 5) is 13.0. The van der Waals surface area contributed by atoms with Crippen LogP contribution in [0.3, 0.4) is 0 Å². The van der Waals surface area contributed by atoms with E-state index in [1.54, 1.807) is 36.4 Å². The Kier molecular flexibility index (Phi) is 7.38. The zero-order valence-corrected chi connectivity index (χ0v) is 18.9. The first-order valence-corrected chi connectivity index (χ1v) is 11.5. The van der Waals surface area contributed by atoms with Crippen LogP contribution in [0.25, 0.3) is 6.08 Å². The molecule has 5 nitrogen and oxygen atoms in total. The average molecular weight is 476 g/mol. The van der Waals surface area contributed by atoms with E-state index in [9.17, 15) is 13.2 Å². The Labute approximate surface area is 191 Å². The third kappa shape index (κ3) is 5.47. The number of sulfonamides is 1. The van der Waals surface area contributed by atoms with Crippen molar-refractivity contribution >= 4 is 50.9 Å². The molecule has 0 aliphatic heterocycles. The van der Waals surface area contributed by atoms with Crippen molar-refractivity contribution in [1.29, 1.82) is 0 Å². The van der Waals surface area contributed by atoms with Crippen molar-refractivity contribution in [2.24, 2.45) is 0 Å². The van der Waals surface area contributed by atoms with Gasteiger partial charge in [-0.2, -0.15) is 4.31 Å². The summed E-state index contributed by atoms with van der Waals surface area (Å²) in [6.45, 7) is 2.31. The van der Waals surface area contributed by atoms with Crippen LogP contribution < -0.4 is 9.04 Å². The van der Waals surface area contributed by atoms with Crippen LogP contribution in [-0.4, -0.2) is 20.9 Å². The van der Waals surface area contributed by atoms with E-state index in [4.69, 9.17) is 27.9 Å². The van der Waals surface area contributed by atoms with E-state index in [1.807, 2.05) is 6.92 Å². The van der Waals surface area contributed by atoms with Gasteiger partial charge < -0.3 is 4.74 Å². The summed E-state index contributed by atoms with van der Waals surface area (Å²) in [7, 11) is -4.21. The Morgan fingerprint density at radius 3 is 2.23 bits per heavy atom. The molecule has 31 heavy (non-hydrogen) atoms. The predicted molar refractivity (Wildman–Crippen MR) is 124 cm³/mol. The standard InChI is InChI=1S/C23H19Cl2NO4S/c1-2-30-20-12-10-19(11-13-20)26(31(28,29)21-14-8-18(24)9-15-21)23(27)16-7-17-5-3-4-6-22(17)25/h3-16H,2H2,1H3/b16-7+. The molecule has 0 spiro atoms. The van der Waals surface area contributed by atoms with Gasteiger partial charge in [-0.05, 0) is 73.2 Å². The molecule has 0 bridgehead atoms. The van der Waals surface area contributed by atoms with E-state index in [-0.39, 0.29) is 10.6 Å². The highest BCUT2D eigenvalue weighted by Crippen LogP contribution is 2.27. The second-order valence-electron chi connectivity index (χ2n) is 6.34. The van der Waals surface area contributed by atoms with E-state index in [0.717, 1.165) is 4.31 Å². The summed E-state index contributed by atoms with van der Waals surface area (Å²) in [5.41, 5.74) is 0.764. The number of benzene rings is 3. The van der Waals surface area contributed by atoms with Gasteiger partial charge in [-0.3, -0.25) is 4.79 Å². The highest BCUT2D eigenvalue weighted by Gasteiger charge is 2.29. The predicted octanol–water partition coefficient (Wildman–Crippen LogP) is 5.83. The molecule has 3 aromatic carbocycles. The summed E-state index contributed by atoms with van der Waals surface area (Å²) in [5, 5.41) is 0.830. The lowest BCUT2D eigenvalue weighted by molar-refractivity contribution is -0.113. The molecule has 3 rings (SSSR count). The Balaban J connectivity index is 2.04. The number of hydrogen-bond acceptors (Lipinski definition) is 4. The number of carbonyl (C=O) groups is 1. The second kappa shape index (κ2) is 10.0. The van der Waals surface area contributed by atoms with Gasteiger partial charge in [0.1, 0.15) is 5.75 Å². The van der Waals surface area contributed by atoms with E-state index < -0.39 is 15.9 Å². The fraction of sp³-hybridized carbons (Fsp3) is 0.0870. The van der Waals surface area contributed by atoms with Crippen LogP contribution in [0.5, 0.6) is 5.75 Å². The number of hydrogen-bond donors (Lipinski definition) is 0. The molecule has 0 N–H and O–H groups in total. The lowest BCUT2D eigenvalue weighted by atomic mass is 10.2. The molecule has 0 atom stereocenters. The zero-order chi connectivity index (χ0) is 22.4. The van der Waals surface area contributed by atoms with E-state index >= 15 is 0 Å². The second-order valence-corrected chi connectivity index (χ2v) is 8.97. The van der Waals surface area contributed by atoms with Gasteiger partial charge in [-0.25, -0.2) is 8.42 Å². The highest BCUT2D eigenvalue weighted by molar-refractivity contribution is 7.93. The molecule has 160 valence electrons. The number of halogens is 2. The number of anilines is 1. The van der Waals surface area contributed by atoms with Crippen LogP contribution in [0.15, 0.2) is 83.8 Å².